The Morgan fingerprint density at radius 3 is 1.44 bits per heavy atom. The first-order valence-corrected chi connectivity index (χ1v) is 13.4. The fourth-order valence-corrected chi connectivity index (χ4v) is 11.6. The van der Waals surface area contributed by atoms with Crippen molar-refractivity contribution in [1.29, 1.82) is 0 Å². The van der Waals surface area contributed by atoms with E-state index in [2.05, 4.69) is 0 Å². The second-order valence-corrected chi connectivity index (χ2v) is 14.7. The predicted octanol–water partition coefficient (Wildman–Crippen LogP) is 1.76. The molecule has 0 saturated carbocycles. The van der Waals surface area contributed by atoms with Crippen molar-refractivity contribution in [1.82, 2.24) is 0 Å². The van der Waals surface area contributed by atoms with Gasteiger partial charge in [-0.05, 0) is 0 Å². The van der Waals surface area contributed by atoms with E-state index < -0.39 is 31.2 Å². The van der Waals surface area contributed by atoms with Crippen LogP contribution in [0, 0.1) is 0 Å². The van der Waals surface area contributed by atoms with Crippen LogP contribution in [0.15, 0.2) is 89.8 Å². The number of benzene rings is 3. The Kier molecular flexibility index (Phi) is 5.20. The molecule has 9 heteroatoms. The van der Waals surface area contributed by atoms with E-state index in [1.54, 1.807) is 60.7 Å². The predicted molar refractivity (Wildman–Crippen MR) is 108 cm³/mol. The van der Waals surface area contributed by atoms with E-state index in [0.29, 0.717) is 10.6 Å². The zero-order valence-electron chi connectivity index (χ0n) is 13.9. The van der Waals surface area contributed by atoms with Crippen molar-refractivity contribution in [2.45, 2.75) is 4.90 Å². The summed E-state index contributed by atoms with van der Waals surface area (Å²) in [6, 6.07) is 21.5. The molecule has 27 heavy (non-hydrogen) atoms. The molecule has 3 aromatic rings. The van der Waals surface area contributed by atoms with Gasteiger partial charge in [-0.15, -0.1) is 0 Å². The molecule has 0 aromatic heterocycles. The molecule has 142 valence electrons. The van der Waals surface area contributed by atoms with Gasteiger partial charge in [-0.25, -0.2) is 0 Å². The molecule has 0 spiro atoms. The molecule has 0 atom stereocenters. The Bertz CT molecular complexity index is 1120. The van der Waals surface area contributed by atoms with Crippen molar-refractivity contribution in [3.8, 4) is 0 Å². The third kappa shape index (κ3) is 3.54. The average molecular weight is 424 g/mol. The topological polar surface area (TPSA) is 109 Å². The van der Waals surface area contributed by atoms with Gasteiger partial charge in [-0.2, -0.15) is 0 Å². The van der Waals surface area contributed by atoms with Crippen LogP contribution in [-0.2, 0) is 19.9 Å². The molecule has 0 aliphatic rings. The summed E-state index contributed by atoms with van der Waals surface area (Å²) in [5, 5.41) is 0.856. The monoisotopic (exact) mass is 424 g/mol. The third-order valence-corrected chi connectivity index (χ3v) is 13.8. The molecule has 0 heterocycles. The third-order valence-electron chi connectivity index (χ3n) is 4.29. The number of rotatable bonds is 5. The Morgan fingerprint density at radius 1 is 0.593 bits per heavy atom. The standard InChI is InChI=1S/C18H17O6PS2/c19-26(20,21)18-13-7-12-17(14-18)25(27(22,23)24,15-8-3-1-4-9-15)16-10-5-2-6-11-16/h1-14,25H,(H,19,20,21)(H,22,23,24). The van der Waals surface area contributed by atoms with E-state index in [1.807, 2.05) is 0 Å². The normalized spacial score (nSPS) is 13.3. The summed E-state index contributed by atoms with van der Waals surface area (Å²) >= 11 is 0. The van der Waals surface area contributed by atoms with E-state index in [-0.39, 0.29) is 5.30 Å². The zero-order chi connectivity index (χ0) is 19.7. The molecule has 0 bridgehead atoms. The second-order valence-electron chi connectivity index (χ2n) is 5.89. The Hall–Kier alpha value is -2.09. The molecular formula is C18H17O6PS2. The zero-order valence-corrected chi connectivity index (χ0v) is 16.6. The summed E-state index contributed by atoms with van der Waals surface area (Å²) in [4.78, 5) is -0.438. The Labute approximate surface area is 158 Å². The second kappa shape index (κ2) is 7.14. The van der Waals surface area contributed by atoms with Gasteiger partial charge in [-0.3, -0.25) is 0 Å². The van der Waals surface area contributed by atoms with Gasteiger partial charge in [0.2, 0.25) is 0 Å². The first-order valence-electron chi connectivity index (χ1n) is 7.83. The van der Waals surface area contributed by atoms with Crippen LogP contribution < -0.4 is 15.9 Å². The SMILES string of the molecule is O=S(=O)(O)c1cccc([PH](c2ccccc2)(c2ccccc2)S(=O)(=O)O)c1. The molecule has 0 saturated heterocycles. The van der Waals surface area contributed by atoms with Crippen LogP contribution in [0.4, 0.5) is 0 Å². The van der Waals surface area contributed by atoms with Gasteiger partial charge in [0.05, 0.1) is 0 Å². The van der Waals surface area contributed by atoms with Crippen LogP contribution >= 0.6 is 6.46 Å². The van der Waals surface area contributed by atoms with Gasteiger partial charge in [0.1, 0.15) is 0 Å². The summed E-state index contributed by atoms with van der Waals surface area (Å²) < 4.78 is 68.6. The van der Waals surface area contributed by atoms with Crippen molar-refractivity contribution < 1.29 is 25.9 Å². The average Bonchev–Trinajstić information content (AvgIpc) is 2.63. The molecule has 0 aliphatic heterocycles. The molecule has 3 aromatic carbocycles. The van der Waals surface area contributed by atoms with Gasteiger partial charge in [0, 0.05) is 0 Å². The van der Waals surface area contributed by atoms with E-state index >= 15 is 0 Å². The van der Waals surface area contributed by atoms with Crippen molar-refractivity contribution in [2.75, 3.05) is 0 Å². The Morgan fingerprint density at radius 2 is 1.04 bits per heavy atom. The van der Waals surface area contributed by atoms with E-state index in [1.165, 1.54) is 12.1 Å². The van der Waals surface area contributed by atoms with Crippen LogP contribution in [0.25, 0.3) is 0 Å². The molecule has 0 fully saturated rings. The molecule has 0 aliphatic carbocycles. The molecular weight excluding hydrogens is 407 g/mol. The molecule has 3 rings (SSSR count). The minimum atomic E-state index is -4.69. The van der Waals surface area contributed by atoms with Gasteiger partial charge in [0.25, 0.3) is 0 Å². The summed E-state index contributed by atoms with van der Waals surface area (Å²) in [6.07, 6.45) is 0. The van der Waals surface area contributed by atoms with Crippen molar-refractivity contribution in [2.24, 2.45) is 0 Å². The van der Waals surface area contributed by atoms with Crippen LogP contribution in [0.1, 0.15) is 0 Å². The van der Waals surface area contributed by atoms with Crippen molar-refractivity contribution >= 4 is 42.2 Å². The van der Waals surface area contributed by atoms with Gasteiger partial charge in [-0.1, -0.05) is 0 Å². The van der Waals surface area contributed by atoms with Crippen LogP contribution in [0.3, 0.4) is 0 Å². The summed E-state index contributed by atoms with van der Waals surface area (Å²) in [7, 11) is -9.24. The number of hydrogen-bond donors (Lipinski definition) is 2. The molecule has 0 radical (unpaired) electrons. The maximum absolute atomic E-state index is 12.8. The summed E-state index contributed by atoms with van der Waals surface area (Å²) in [5.74, 6) is 0. The van der Waals surface area contributed by atoms with Crippen molar-refractivity contribution in [3.63, 3.8) is 0 Å². The molecule has 0 unspecified atom stereocenters. The molecule has 2 N–H and O–H groups in total. The van der Waals surface area contributed by atoms with E-state index in [0.717, 1.165) is 12.1 Å². The van der Waals surface area contributed by atoms with Gasteiger partial charge >= 0.3 is 158 Å². The van der Waals surface area contributed by atoms with Gasteiger partial charge in [0.15, 0.2) is 0 Å². The molecule has 0 amide bonds. The van der Waals surface area contributed by atoms with Crippen molar-refractivity contribution in [3.05, 3.63) is 84.9 Å². The minimum absolute atomic E-state index is 0.123. The fourth-order valence-electron chi connectivity index (χ4n) is 3.17. The Balaban J connectivity index is 2.49. The first kappa shape index (κ1) is 19.7. The van der Waals surface area contributed by atoms with E-state index in [4.69, 9.17) is 0 Å². The number of hydrogen-bond acceptors (Lipinski definition) is 4. The molecule has 6 nitrogen and oxygen atoms in total. The first-order chi connectivity index (χ1) is 12.7. The van der Waals surface area contributed by atoms with Gasteiger partial charge < -0.3 is 0 Å². The summed E-state index contributed by atoms with van der Waals surface area (Å²) in [6.45, 7) is -4.08. The van der Waals surface area contributed by atoms with Crippen LogP contribution in [-0.4, -0.2) is 25.9 Å². The van der Waals surface area contributed by atoms with E-state index in [9.17, 15) is 25.9 Å². The maximum atomic E-state index is 12.8. The quantitative estimate of drug-likeness (QED) is 0.477. The summed E-state index contributed by atoms with van der Waals surface area (Å²) in [5.41, 5.74) is 0. The van der Waals surface area contributed by atoms with Crippen LogP contribution in [0.2, 0.25) is 0 Å². The van der Waals surface area contributed by atoms with Crippen LogP contribution in [0.5, 0.6) is 0 Å². The fraction of sp³-hybridized carbons (Fsp3) is 0.